The monoisotopic (exact) mass is 312 g/mol. The molecule has 1 aromatic carbocycles. The highest BCUT2D eigenvalue weighted by atomic mass is 16.5. The van der Waals surface area contributed by atoms with Gasteiger partial charge in [0.05, 0.1) is 18.5 Å². The molecule has 0 amide bonds. The molecule has 2 N–H and O–H groups in total. The van der Waals surface area contributed by atoms with Crippen LogP contribution < -0.4 is 5.73 Å². The molecule has 0 radical (unpaired) electrons. The van der Waals surface area contributed by atoms with E-state index in [0.29, 0.717) is 5.92 Å². The predicted molar refractivity (Wildman–Crippen MR) is 89.4 cm³/mol. The van der Waals surface area contributed by atoms with Crippen LogP contribution in [0.2, 0.25) is 0 Å². The summed E-state index contributed by atoms with van der Waals surface area (Å²) < 4.78 is 7.86. The topological polar surface area (TPSA) is 56.3 Å². The minimum atomic E-state index is -0.0785. The number of imidazole rings is 1. The molecule has 3 heterocycles. The molecule has 2 aliphatic rings. The fraction of sp³-hybridized carbons (Fsp3) is 0.500. The normalized spacial score (nSPS) is 28.0. The van der Waals surface area contributed by atoms with E-state index in [1.54, 1.807) is 0 Å². The van der Waals surface area contributed by atoms with Gasteiger partial charge in [-0.25, -0.2) is 4.98 Å². The van der Waals surface area contributed by atoms with Crippen LogP contribution in [0.1, 0.15) is 17.9 Å². The van der Waals surface area contributed by atoms with Crippen molar-refractivity contribution in [2.75, 3.05) is 26.3 Å². The van der Waals surface area contributed by atoms with Crippen molar-refractivity contribution in [2.24, 2.45) is 11.7 Å². The number of benzene rings is 1. The van der Waals surface area contributed by atoms with Gasteiger partial charge >= 0.3 is 0 Å². The molecule has 23 heavy (non-hydrogen) atoms. The Morgan fingerprint density at radius 1 is 1.35 bits per heavy atom. The molecule has 0 spiro atoms. The number of hydrogen-bond donors (Lipinski definition) is 1. The Morgan fingerprint density at radius 3 is 2.96 bits per heavy atom. The predicted octanol–water partition coefficient (Wildman–Crippen LogP) is 1.73. The number of fused-ring (bicyclic) bond motifs is 1. The van der Waals surface area contributed by atoms with Crippen molar-refractivity contribution in [1.29, 1.82) is 0 Å². The lowest BCUT2D eigenvalue weighted by Gasteiger charge is -2.34. The van der Waals surface area contributed by atoms with Crippen LogP contribution in [0.15, 0.2) is 36.5 Å². The number of aromatic nitrogens is 2. The second-order valence-corrected chi connectivity index (χ2v) is 6.89. The second-order valence-electron chi connectivity index (χ2n) is 6.89. The molecule has 4 rings (SSSR count). The molecule has 0 aliphatic carbocycles. The van der Waals surface area contributed by atoms with Gasteiger partial charge in [-0.1, -0.05) is 18.2 Å². The zero-order chi connectivity index (χ0) is 15.9. The van der Waals surface area contributed by atoms with E-state index in [1.165, 1.54) is 11.4 Å². The quantitative estimate of drug-likeness (QED) is 0.938. The van der Waals surface area contributed by atoms with E-state index in [4.69, 9.17) is 10.5 Å². The average molecular weight is 312 g/mol. The molecule has 122 valence electrons. The molecule has 5 heteroatoms. The number of aryl methyl sites for hydroxylation is 1. The van der Waals surface area contributed by atoms with Crippen LogP contribution in [0.3, 0.4) is 0 Å². The van der Waals surface area contributed by atoms with Crippen LogP contribution >= 0.6 is 0 Å². The first-order valence-corrected chi connectivity index (χ1v) is 8.33. The summed E-state index contributed by atoms with van der Waals surface area (Å²) in [5.74, 6) is 1.47. The smallest absolute Gasteiger partial charge is 0.110 e. The summed E-state index contributed by atoms with van der Waals surface area (Å²) in [5.41, 5.74) is 8.93. The number of hydrogen-bond acceptors (Lipinski definition) is 4. The molecule has 5 nitrogen and oxygen atoms in total. The molecule has 1 aromatic heterocycles. The van der Waals surface area contributed by atoms with E-state index in [-0.39, 0.29) is 5.54 Å². The minimum absolute atomic E-state index is 0.0785. The molecule has 0 bridgehead atoms. The molecule has 2 fully saturated rings. The van der Waals surface area contributed by atoms with Gasteiger partial charge in [0, 0.05) is 43.4 Å². The molecule has 0 saturated carbocycles. The van der Waals surface area contributed by atoms with Crippen LogP contribution in [0, 0.1) is 12.8 Å². The number of nitrogens with two attached hydrogens (primary N) is 1. The van der Waals surface area contributed by atoms with E-state index in [9.17, 15) is 0 Å². The van der Waals surface area contributed by atoms with Gasteiger partial charge in [-0.2, -0.15) is 0 Å². The first-order valence-electron chi connectivity index (χ1n) is 8.33. The molecule has 2 saturated heterocycles. The Bertz CT molecular complexity index is 684. The Labute approximate surface area is 137 Å². The minimum Gasteiger partial charge on any atom is -0.381 e. The van der Waals surface area contributed by atoms with Crippen LogP contribution in [0.25, 0.3) is 5.69 Å². The second kappa shape index (κ2) is 5.74. The van der Waals surface area contributed by atoms with Crippen molar-refractivity contribution in [3.63, 3.8) is 0 Å². The standard InChI is InChI=1S/C18H24N4O/c1-14-20-9-17(22(14)16-5-3-2-4-6-16)11-21-10-15-12-23-8-7-18(15,19)13-21/h2-6,9,15H,7-8,10-13,19H2,1H3/t15-,18+/m1/s1. The van der Waals surface area contributed by atoms with Gasteiger partial charge in [0.15, 0.2) is 0 Å². The Balaban J connectivity index is 1.57. The van der Waals surface area contributed by atoms with Gasteiger partial charge in [-0.3, -0.25) is 9.47 Å². The number of ether oxygens (including phenoxy) is 1. The fourth-order valence-corrected chi connectivity index (χ4v) is 3.98. The number of para-hydroxylation sites is 1. The summed E-state index contributed by atoms with van der Waals surface area (Å²) in [6.07, 6.45) is 2.95. The van der Waals surface area contributed by atoms with E-state index in [0.717, 1.165) is 45.1 Å². The highest BCUT2D eigenvalue weighted by molar-refractivity contribution is 5.35. The Kier molecular flexibility index (Phi) is 3.71. The third kappa shape index (κ3) is 2.69. The van der Waals surface area contributed by atoms with Crippen molar-refractivity contribution in [2.45, 2.75) is 25.4 Å². The lowest BCUT2D eigenvalue weighted by atomic mass is 9.84. The van der Waals surface area contributed by atoms with Crippen molar-refractivity contribution < 1.29 is 4.74 Å². The van der Waals surface area contributed by atoms with Gasteiger partial charge in [0.1, 0.15) is 5.82 Å². The van der Waals surface area contributed by atoms with E-state index in [1.807, 2.05) is 12.3 Å². The maximum absolute atomic E-state index is 6.62. The molecule has 0 unspecified atom stereocenters. The van der Waals surface area contributed by atoms with Crippen molar-refractivity contribution in [3.05, 3.63) is 48.0 Å². The number of rotatable bonds is 3. The first kappa shape index (κ1) is 14.9. The highest BCUT2D eigenvalue weighted by Gasteiger charge is 2.45. The van der Waals surface area contributed by atoms with Crippen molar-refractivity contribution in [3.8, 4) is 5.69 Å². The van der Waals surface area contributed by atoms with Gasteiger partial charge in [-0.15, -0.1) is 0 Å². The lowest BCUT2D eigenvalue weighted by molar-refractivity contribution is 0.0241. The van der Waals surface area contributed by atoms with Crippen LogP contribution in [-0.2, 0) is 11.3 Å². The zero-order valence-corrected chi connectivity index (χ0v) is 13.6. The number of likely N-dealkylation sites (tertiary alicyclic amines) is 1. The third-order valence-corrected chi connectivity index (χ3v) is 5.25. The maximum atomic E-state index is 6.62. The SMILES string of the molecule is Cc1ncc(CN2C[C@@H]3COCC[C@]3(N)C2)n1-c1ccccc1. The summed E-state index contributed by atoms with van der Waals surface area (Å²) >= 11 is 0. The largest absolute Gasteiger partial charge is 0.381 e. The number of nitrogens with zero attached hydrogens (tertiary/aromatic N) is 3. The highest BCUT2D eigenvalue weighted by Crippen LogP contribution is 2.33. The van der Waals surface area contributed by atoms with Crippen LogP contribution in [-0.4, -0.2) is 46.3 Å². The first-order chi connectivity index (χ1) is 11.2. The molecular formula is C18H24N4O. The van der Waals surface area contributed by atoms with Gasteiger partial charge in [0.2, 0.25) is 0 Å². The van der Waals surface area contributed by atoms with Gasteiger partial charge < -0.3 is 10.5 Å². The lowest BCUT2D eigenvalue weighted by Crippen LogP contribution is -2.52. The average Bonchev–Trinajstić information content (AvgIpc) is 3.07. The van der Waals surface area contributed by atoms with Gasteiger partial charge in [0.25, 0.3) is 0 Å². The van der Waals surface area contributed by atoms with E-state index < -0.39 is 0 Å². The summed E-state index contributed by atoms with van der Waals surface area (Å²) in [4.78, 5) is 6.98. The maximum Gasteiger partial charge on any atom is 0.110 e. The third-order valence-electron chi connectivity index (χ3n) is 5.25. The molecule has 2 atom stereocenters. The van der Waals surface area contributed by atoms with Crippen LogP contribution in [0.5, 0.6) is 0 Å². The van der Waals surface area contributed by atoms with E-state index in [2.05, 4.69) is 45.6 Å². The summed E-state index contributed by atoms with van der Waals surface area (Å²) in [5, 5.41) is 0. The molecular weight excluding hydrogens is 288 g/mol. The Morgan fingerprint density at radius 2 is 2.17 bits per heavy atom. The fourth-order valence-electron chi connectivity index (χ4n) is 3.98. The van der Waals surface area contributed by atoms with Crippen molar-refractivity contribution in [1.82, 2.24) is 14.5 Å². The summed E-state index contributed by atoms with van der Waals surface area (Å²) in [6.45, 7) is 6.48. The summed E-state index contributed by atoms with van der Waals surface area (Å²) in [7, 11) is 0. The molecule has 2 aromatic rings. The van der Waals surface area contributed by atoms with Gasteiger partial charge in [-0.05, 0) is 25.5 Å². The van der Waals surface area contributed by atoms with Crippen molar-refractivity contribution >= 4 is 0 Å². The van der Waals surface area contributed by atoms with Crippen LogP contribution in [0.4, 0.5) is 0 Å². The summed E-state index contributed by atoms with van der Waals surface area (Å²) in [6, 6.07) is 10.4. The Hall–Kier alpha value is -1.69. The molecule has 2 aliphatic heterocycles. The zero-order valence-electron chi connectivity index (χ0n) is 13.6. The van der Waals surface area contributed by atoms with E-state index >= 15 is 0 Å².